The average Bonchev–Trinajstić information content (AvgIpc) is 2.48. The fourth-order valence-electron chi connectivity index (χ4n) is 2.32. The van der Waals surface area contributed by atoms with Crippen molar-refractivity contribution in [3.63, 3.8) is 0 Å². The summed E-state index contributed by atoms with van der Waals surface area (Å²) in [5.74, 6) is -0.941. The highest BCUT2D eigenvalue weighted by Crippen LogP contribution is 2.24. The zero-order chi connectivity index (χ0) is 16.3. The van der Waals surface area contributed by atoms with E-state index in [-0.39, 0.29) is 5.57 Å². The zero-order valence-corrected chi connectivity index (χ0v) is 13.1. The van der Waals surface area contributed by atoms with Gasteiger partial charge in [-0.1, -0.05) is 49.1 Å². The molecule has 1 aliphatic carbocycles. The van der Waals surface area contributed by atoms with Crippen LogP contribution < -0.4 is 0 Å². The van der Waals surface area contributed by atoms with Crippen LogP contribution in [-0.4, -0.2) is 16.8 Å². The Morgan fingerprint density at radius 3 is 2.55 bits per heavy atom. The molecule has 0 radical (unpaired) electrons. The Labute approximate surface area is 130 Å². The summed E-state index contributed by atoms with van der Waals surface area (Å²) in [6.07, 6.45) is 5.54. The Kier molecular flexibility index (Phi) is 4.56. The van der Waals surface area contributed by atoms with E-state index in [0.29, 0.717) is 17.0 Å². The molecule has 0 amide bonds. The second kappa shape index (κ2) is 6.39. The topological polar surface area (TPSA) is 49.7 Å². The minimum atomic E-state index is -0.941. The number of carboxylic acids is 1. The van der Waals surface area contributed by atoms with Gasteiger partial charge in [0.2, 0.25) is 0 Å². The number of aryl methyl sites for hydroxylation is 1. The number of hydrogen-bond acceptors (Lipinski definition) is 2. The van der Waals surface area contributed by atoms with E-state index in [1.54, 1.807) is 13.0 Å². The first kappa shape index (κ1) is 15.7. The van der Waals surface area contributed by atoms with Gasteiger partial charge in [-0.15, -0.1) is 0 Å². The summed E-state index contributed by atoms with van der Waals surface area (Å²) in [4.78, 5) is 15.9. The van der Waals surface area contributed by atoms with Gasteiger partial charge in [0.25, 0.3) is 0 Å². The van der Waals surface area contributed by atoms with Gasteiger partial charge < -0.3 is 5.11 Å². The van der Waals surface area contributed by atoms with Crippen LogP contribution in [0.25, 0.3) is 5.70 Å². The molecule has 1 aliphatic rings. The number of carboxylic acid groups (broad SMARTS) is 1. The van der Waals surface area contributed by atoms with Crippen molar-refractivity contribution in [2.75, 3.05) is 0 Å². The standard InChI is InChI=1S/C19H19NO2/c1-12-8-5-6-10-16(12)15(4)20-18-13(2)9-7-11-17(18)14(3)19(21)22/h5-11H,4H2,1-3H3,(H,21,22)/b17-14+,20-18?. The number of benzene rings is 1. The molecule has 3 nitrogen and oxygen atoms in total. The van der Waals surface area contributed by atoms with E-state index in [0.717, 1.165) is 16.7 Å². The SMILES string of the molecule is C=C(N=C1C(C)=CC=C/C1=C(/C)C(=O)O)c1ccccc1C. The number of carbonyl (C=O) groups is 1. The molecule has 0 fully saturated rings. The minimum Gasteiger partial charge on any atom is -0.478 e. The lowest BCUT2D eigenvalue weighted by Crippen LogP contribution is -2.12. The smallest absolute Gasteiger partial charge is 0.331 e. The van der Waals surface area contributed by atoms with E-state index in [9.17, 15) is 9.90 Å². The number of hydrogen-bond donors (Lipinski definition) is 1. The van der Waals surface area contributed by atoms with Gasteiger partial charge in [0.05, 0.1) is 11.4 Å². The quantitative estimate of drug-likeness (QED) is 0.843. The first-order chi connectivity index (χ1) is 10.4. The van der Waals surface area contributed by atoms with Crippen LogP contribution in [-0.2, 0) is 4.79 Å². The van der Waals surface area contributed by atoms with Crippen molar-refractivity contribution < 1.29 is 9.90 Å². The summed E-state index contributed by atoms with van der Waals surface area (Å²) >= 11 is 0. The van der Waals surface area contributed by atoms with Crippen molar-refractivity contribution >= 4 is 17.4 Å². The van der Waals surface area contributed by atoms with Crippen molar-refractivity contribution in [3.05, 3.63) is 76.9 Å². The molecule has 0 saturated heterocycles. The predicted molar refractivity (Wildman–Crippen MR) is 90.9 cm³/mol. The summed E-state index contributed by atoms with van der Waals surface area (Å²) in [6.45, 7) is 9.56. The van der Waals surface area contributed by atoms with Crippen LogP contribution >= 0.6 is 0 Å². The van der Waals surface area contributed by atoms with E-state index >= 15 is 0 Å². The second-order valence-electron chi connectivity index (χ2n) is 5.27. The molecule has 1 N–H and O–H groups in total. The molecular weight excluding hydrogens is 274 g/mol. The maximum atomic E-state index is 11.3. The Bertz CT molecular complexity index is 761. The zero-order valence-electron chi connectivity index (χ0n) is 13.1. The van der Waals surface area contributed by atoms with Crippen LogP contribution in [0.2, 0.25) is 0 Å². The molecule has 22 heavy (non-hydrogen) atoms. The Morgan fingerprint density at radius 2 is 1.91 bits per heavy atom. The summed E-state index contributed by atoms with van der Waals surface area (Å²) in [5, 5.41) is 9.24. The third-order valence-corrected chi connectivity index (χ3v) is 3.67. The average molecular weight is 293 g/mol. The lowest BCUT2D eigenvalue weighted by atomic mass is 9.94. The van der Waals surface area contributed by atoms with Crippen LogP contribution in [0.5, 0.6) is 0 Å². The molecular formula is C19H19NO2. The molecule has 0 atom stereocenters. The number of aliphatic carboxylic acids is 1. The van der Waals surface area contributed by atoms with Crippen molar-refractivity contribution in [2.45, 2.75) is 20.8 Å². The molecule has 0 aliphatic heterocycles. The van der Waals surface area contributed by atoms with Gasteiger partial charge in [-0.2, -0.15) is 0 Å². The monoisotopic (exact) mass is 293 g/mol. The first-order valence-corrected chi connectivity index (χ1v) is 7.05. The largest absolute Gasteiger partial charge is 0.478 e. The summed E-state index contributed by atoms with van der Waals surface area (Å²) < 4.78 is 0. The predicted octanol–water partition coefficient (Wildman–Crippen LogP) is 4.32. The van der Waals surface area contributed by atoms with Gasteiger partial charge in [0.15, 0.2) is 0 Å². The number of rotatable bonds is 3. The molecule has 112 valence electrons. The van der Waals surface area contributed by atoms with E-state index in [1.807, 2.05) is 50.3 Å². The van der Waals surface area contributed by atoms with Crippen LogP contribution in [0.15, 0.2) is 70.8 Å². The summed E-state index contributed by atoms with van der Waals surface area (Å²) in [6, 6.07) is 7.88. The molecule has 0 heterocycles. The third-order valence-electron chi connectivity index (χ3n) is 3.67. The molecule has 0 unspecified atom stereocenters. The number of allylic oxidation sites excluding steroid dienone is 5. The molecule has 0 bridgehead atoms. The molecule has 0 aromatic heterocycles. The van der Waals surface area contributed by atoms with E-state index in [1.165, 1.54) is 0 Å². The first-order valence-electron chi connectivity index (χ1n) is 7.05. The summed E-state index contributed by atoms with van der Waals surface area (Å²) in [5.41, 5.74) is 5.17. The molecule has 3 heteroatoms. The highest BCUT2D eigenvalue weighted by Gasteiger charge is 2.17. The van der Waals surface area contributed by atoms with Crippen LogP contribution in [0.3, 0.4) is 0 Å². The van der Waals surface area contributed by atoms with Crippen molar-refractivity contribution in [3.8, 4) is 0 Å². The second-order valence-corrected chi connectivity index (χ2v) is 5.27. The van der Waals surface area contributed by atoms with Crippen LogP contribution in [0.1, 0.15) is 25.0 Å². The van der Waals surface area contributed by atoms with Crippen molar-refractivity contribution in [2.24, 2.45) is 4.99 Å². The van der Waals surface area contributed by atoms with Crippen molar-refractivity contribution in [1.29, 1.82) is 0 Å². The maximum Gasteiger partial charge on any atom is 0.331 e. The molecule has 1 aromatic carbocycles. The van der Waals surface area contributed by atoms with E-state index in [2.05, 4.69) is 11.6 Å². The van der Waals surface area contributed by atoms with Gasteiger partial charge in [0, 0.05) is 16.7 Å². The van der Waals surface area contributed by atoms with Crippen molar-refractivity contribution in [1.82, 2.24) is 0 Å². The van der Waals surface area contributed by atoms with Gasteiger partial charge in [0.1, 0.15) is 0 Å². The molecule has 0 spiro atoms. The van der Waals surface area contributed by atoms with Crippen LogP contribution in [0, 0.1) is 6.92 Å². The van der Waals surface area contributed by atoms with Gasteiger partial charge in [-0.25, -0.2) is 9.79 Å². The third kappa shape index (κ3) is 3.14. The minimum absolute atomic E-state index is 0.278. The van der Waals surface area contributed by atoms with Gasteiger partial charge in [-0.3, -0.25) is 0 Å². The van der Waals surface area contributed by atoms with E-state index < -0.39 is 5.97 Å². The number of aliphatic imine (C=N–C) groups is 1. The summed E-state index contributed by atoms with van der Waals surface area (Å²) in [7, 11) is 0. The molecule has 2 rings (SSSR count). The highest BCUT2D eigenvalue weighted by atomic mass is 16.4. The van der Waals surface area contributed by atoms with E-state index in [4.69, 9.17) is 0 Å². The number of nitrogens with zero attached hydrogens (tertiary/aromatic N) is 1. The highest BCUT2D eigenvalue weighted by molar-refractivity contribution is 6.19. The normalized spacial score (nSPS) is 18.1. The maximum absolute atomic E-state index is 11.3. The fourth-order valence-corrected chi connectivity index (χ4v) is 2.32. The van der Waals surface area contributed by atoms with Crippen LogP contribution in [0.4, 0.5) is 0 Å². The Hall–Kier alpha value is -2.68. The molecule has 1 aromatic rings. The lowest BCUT2D eigenvalue weighted by molar-refractivity contribution is -0.132. The van der Waals surface area contributed by atoms with Gasteiger partial charge >= 0.3 is 5.97 Å². The molecule has 0 saturated carbocycles. The fraction of sp³-hybridized carbons (Fsp3) is 0.158. The Morgan fingerprint density at radius 1 is 1.23 bits per heavy atom. The Balaban J connectivity index is 2.52. The van der Waals surface area contributed by atoms with Gasteiger partial charge in [-0.05, 0) is 31.9 Å². The lowest BCUT2D eigenvalue weighted by Gasteiger charge is -2.15.